The maximum Gasteiger partial charge on any atom is 0.189 e. The molecule has 0 saturated carbocycles. The number of hydrogen-bond donors (Lipinski definition) is 1. The first kappa shape index (κ1) is 26.3. The van der Waals surface area contributed by atoms with Crippen LogP contribution in [0.4, 0.5) is 0 Å². The van der Waals surface area contributed by atoms with Crippen molar-refractivity contribution in [2.24, 2.45) is 10.1 Å². The number of nitrogens with one attached hydrogen (secondary N) is 1. The van der Waals surface area contributed by atoms with E-state index >= 15 is 0 Å². The van der Waals surface area contributed by atoms with E-state index < -0.39 is 0 Å². The zero-order valence-electron chi connectivity index (χ0n) is 19.2. The molecule has 2 rings (SSSR count). The number of rotatable bonds is 8. The summed E-state index contributed by atoms with van der Waals surface area (Å²) in [5.41, 5.74) is 6.98. The van der Waals surface area contributed by atoms with Crippen LogP contribution in [0.2, 0.25) is 0 Å². The van der Waals surface area contributed by atoms with E-state index in [4.69, 9.17) is 29.4 Å². The van der Waals surface area contributed by atoms with Gasteiger partial charge in [-0.3, -0.25) is 10.4 Å². The van der Waals surface area contributed by atoms with Gasteiger partial charge in [-0.05, 0) is 38.2 Å². The summed E-state index contributed by atoms with van der Waals surface area (Å²) in [5.74, 6) is 0. The van der Waals surface area contributed by atoms with E-state index in [9.17, 15) is 0 Å². The molecule has 0 aliphatic carbocycles. The van der Waals surface area contributed by atoms with Crippen molar-refractivity contribution in [1.82, 2.24) is 15.2 Å². The Kier molecular flexibility index (Phi) is 10.6. The Morgan fingerprint density at radius 2 is 1.31 bits per heavy atom. The topological polar surface area (TPSA) is 43.2 Å². The van der Waals surface area contributed by atoms with Crippen molar-refractivity contribution in [3.63, 3.8) is 0 Å². The second kappa shape index (κ2) is 12.9. The standard InChI is InChI=1S/C23H29N5S4/c1-16(24-15-22(29)27(3)4)18-11-7-9-13-20(18)31-32-21-14-10-8-12-19(21)17(2)25-26-23(30)28(5)6/h7-14H,15H2,1-6H3,(H,26,30)/b24-16?,25-17+. The third-order valence-electron chi connectivity index (χ3n) is 4.45. The SMILES string of the molecule is CC(=NCC(=S)N(C)C)c1ccccc1SSc1ccccc1/C(C)=N/NC(=S)N(C)C. The molecule has 0 aliphatic heterocycles. The molecule has 0 heterocycles. The first-order chi connectivity index (χ1) is 15.2. The number of hydrogen-bond acceptors (Lipinski definition) is 6. The normalized spacial score (nSPS) is 11.8. The van der Waals surface area contributed by atoms with Gasteiger partial charge < -0.3 is 9.80 Å². The summed E-state index contributed by atoms with van der Waals surface area (Å²) in [6.45, 7) is 4.53. The smallest absolute Gasteiger partial charge is 0.189 e. The van der Waals surface area contributed by atoms with E-state index in [0.29, 0.717) is 11.7 Å². The van der Waals surface area contributed by atoms with Gasteiger partial charge >= 0.3 is 0 Å². The van der Waals surface area contributed by atoms with Crippen LogP contribution in [0.3, 0.4) is 0 Å². The molecule has 0 spiro atoms. The summed E-state index contributed by atoms with van der Waals surface area (Å²) in [4.78, 5) is 11.5. The maximum atomic E-state index is 5.37. The van der Waals surface area contributed by atoms with Crippen LogP contribution in [0, 0.1) is 0 Å². The number of likely N-dealkylation sites (N-methyl/N-ethyl adjacent to an activating group) is 1. The Morgan fingerprint density at radius 3 is 1.81 bits per heavy atom. The van der Waals surface area contributed by atoms with E-state index in [-0.39, 0.29) is 0 Å². The quantitative estimate of drug-likeness (QED) is 0.226. The lowest BCUT2D eigenvalue weighted by Crippen LogP contribution is -2.31. The Hall–Kier alpha value is -1.94. The molecule has 0 radical (unpaired) electrons. The largest absolute Gasteiger partial charge is 0.371 e. The first-order valence-corrected chi connectivity index (χ1v) is 12.9. The molecule has 0 amide bonds. The highest BCUT2D eigenvalue weighted by atomic mass is 33.1. The van der Waals surface area contributed by atoms with Crippen molar-refractivity contribution < 1.29 is 0 Å². The zero-order chi connectivity index (χ0) is 23.7. The number of benzene rings is 2. The van der Waals surface area contributed by atoms with Gasteiger partial charge in [0.2, 0.25) is 0 Å². The predicted molar refractivity (Wildman–Crippen MR) is 150 cm³/mol. The average molecular weight is 504 g/mol. The lowest BCUT2D eigenvalue weighted by molar-refractivity contribution is 0.606. The summed E-state index contributed by atoms with van der Waals surface area (Å²) in [6, 6.07) is 16.6. The molecule has 0 fully saturated rings. The summed E-state index contributed by atoms with van der Waals surface area (Å²) < 4.78 is 0. The van der Waals surface area contributed by atoms with E-state index in [1.165, 1.54) is 0 Å². The van der Waals surface area contributed by atoms with Crippen LogP contribution < -0.4 is 5.43 Å². The Morgan fingerprint density at radius 1 is 0.812 bits per heavy atom. The Bertz CT molecular complexity index is 933. The Balaban J connectivity index is 2.19. The van der Waals surface area contributed by atoms with E-state index in [2.05, 4.69) is 40.9 Å². The third-order valence-corrected chi connectivity index (χ3v) is 7.88. The fourth-order valence-electron chi connectivity index (χ4n) is 2.47. The van der Waals surface area contributed by atoms with Gasteiger partial charge in [0, 0.05) is 54.8 Å². The van der Waals surface area contributed by atoms with Crippen molar-refractivity contribution in [3.05, 3.63) is 59.7 Å². The van der Waals surface area contributed by atoms with Crippen molar-refractivity contribution in [1.29, 1.82) is 0 Å². The zero-order valence-corrected chi connectivity index (χ0v) is 22.5. The number of thiocarbonyl (C=S) groups is 2. The van der Waals surface area contributed by atoms with Gasteiger partial charge in [-0.2, -0.15) is 5.10 Å². The van der Waals surface area contributed by atoms with E-state index in [0.717, 1.165) is 37.3 Å². The molecule has 0 saturated heterocycles. The number of aliphatic imine (C=N–C) groups is 1. The predicted octanol–water partition coefficient (Wildman–Crippen LogP) is 5.34. The van der Waals surface area contributed by atoms with Crippen LogP contribution in [0.5, 0.6) is 0 Å². The van der Waals surface area contributed by atoms with Gasteiger partial charge in [0.05, 0.1) is 17.2 Å². The highest BCUT2D eigenvalue weighted by Crippen LogP contribution is 2.40. The molecule has 0 aromatic heterocycles. The number of nitrogens with zero attached hydrogens (tertiary/aromatic N) is 4. The van der Waals surface area contributed by atoms with Gasteiger partial charge in [0.25, 0.3) is 0 Å². The fourth-order valence-corrected chi connectivity index (χ4v) is 5.05. The molecule has 2 aromatic rings. The van der Waals surface area contributed by atoms with Crippen LogP contribution >= 0.6 is 46.0 Å². The monoisotopic (exact) mass is 503 g/mol. The van der Waals surface area contributed by atoms with E-state index in [1.54, 1.807) is 21.6 Å². The first-order valence-electron chi connectivity index (χ1n) is 9.96. The minimum absolute atomic E-state index is 0.514. The van der Waals surface area contributed by atoms with Crippen molar-refractivity contribution in [2.75, 3.05) is 34.7 Å². The van der Waals surface area contributed by atoms with Crippen molar-refractivity contribution in [3.8, 4) is 0 Å². The minimum atomic E-state index is 0.514. The molecule has 0 bridgehead atoms. The molecular weight excluding hydrogens is 475 g/mol. The summed E-state index contributed by atoms with van der Waals surface area (Å²) in [7, 11) is 11.1. The molecule has 32 heavy (non-hydrogen) atoms. The van der Waals surface area contributed by atoms with Gasteiger partial charge in [-0.1, -0.05) is 70.2 Å². The maximum absolute atomic E-state index is 5.37. The summed E-state index contributed by atoms with van der Waals surface area (Å²) in [6.07, 6.45) is 0. The Labute approximate surface area is 210 Å². The van der Waals surface area contributed by atoms with Crippen molar-refractivity contribution in [2.45, 2.75) is 23.6 Å². The molecule has 1 N–H and O–H groups in total. The highest BCUT2D eigenvalue weighted by Gasteiger charge is 2.11. The van der Waals surface area contributed by atoms with Crippen LogP contribution in [0.25, 0.3) is 0 Å². The van der Waals surface area contributed by atoms with Gasteiger partial charge in [0.1, 0.15) is 0 Å². The molecule has 0 atom stereocenters. The highest BCUT2D eigenvalue weighted by molar-refractivity contribution is 8.76. The molecule has 0 aliphatic rings. The second-order valence-electron chi connectivity index (χ2n) is 7.36. The van der Waals surface area contributed by atoms with Gasteiger partial charge in [-0.15, -0.1) is 0 Å². The summed E-state index contributed by atoms with van der Waals surface area (Å²) >= 11 is 10.6. The number of hydrazone groups is 1. The summed E-state index contributed by atoms with van der Waals surface area (Å²) in [5, 5.41) is 5.03. The van der Waals surface area contributed by atoms with Gasteiger partial charge in [0.15, 0.2) is 5.11 Å². The molecule has 2 aromatic carbocycles. The molecule has 5 nitrogen and oxygen atoms in total. The average Bonchev–Trinajstić information content (AvgIpc) is 2.79. The molecule has 9 heteroatoms. The molecule has 170 valence electrons. The molecule has 0 unspecified atom stereocenters. The lowest BCUT2D eigenvalue weighted by Gasteiger charge is -2.14. The second-order valence-corrected chi connectivity index (χ2v) is 10.4. The van der Waals surface area contributed by atoms with Crippen LogP contribution in [0.15, 0.2) is 68.4 Å². The lowest BCUT2D eigenvalue weighted by atomic mass is 10.1. The van der Waals surface area contributed by atoms with Crippen molar-refractivity contribution >= 4 is 67.5 Å². The minimum Gasteiger partial charge on any atom is -0.371 e. The van der Waals surface area contributed by atoms with Crippen LogP contribution in [-0.2, 0) is 0 Å². The third kappa shape index (κ3) is 7.88. The van der Waals surface area contributed by atoms with Crippen LogP contribution in [-0.4, -0.2) is 66.1 Å². The van der Waals surface area contributed by atoms with Gasteiger partial charge in [-0.25, -0.2) is 0 Å². The van der Waals surface area contributed by atoms with Crippen LogP contribution in [0.1, 0.15) is 25.0 Å². The van der Waals surface area contributed by atoms with E-state index in [1.807, 2.05) is 70.0 Å². The fraction of sp³-hybridized carbons (Fsp3) is 0.304. The molecular formula is C23H29N5S4.